The summed E-state index contributed by atoms with van der Waals surface area (Å²) in [5, 5.41) is 0. The molecule has 1 heterocycles. The lowest BCUT2D eigenvalue weighted by Crippen LogP contribution is -1.91. The highest BCUT2D eigenvalue weighted by molar-refractivity contribution is 7.77. The van der Waals surface area contributed by atoms with Crippen LogP contribution in [0.5, 0.6) is 0 Å². The summed E-state index contributed by atoms with van der Waals surface area (Å²) in [5.41, 5.74) is 0. The van der Waals surface area contributed by atoms with Crippen LogP contribution in [0.15, 0.2) is 13.5 Å². The fourth-order valence-corrected chi connectivity index (χ4v) is 7.24. The first kappa shape index (κ1) is 16.4. The minimum Gasteiger partial charge on any atom is -0.303 e. The maximum Gasteiger partial charge on any atom is 0.425 e. The van der Waals surface area contributed by atoms with Gasteiger partial charge in [0.2, 0.25) is 0 Å². The van der Waals surface area contributed by atoms with Gasteiger partial charge in [0.1, 0.15) is 0 Å². The molecule has 2 atom stereocenters. The standard InChI is InChI=1S/C6H14F4N3O2P3/c1-3-5-14-17(9)11-16(7,8)12-18(10,13-17)15-6-4-2/h3-6H2,1-2H3. The Morgan fingerprint density at radius 3 is 1.67 bits per heavy atom. The zero-order valence-electron chi connectivity index (χ0n) is 9.84. The monoisotopic (exact) mass is 329 g/mol. The Balaban J connectivity index is 3.14. The van der Waals surface area contributed by atoms with Gasteiger partial charge in [-0.05, 0) is 12.8 Å². The van der Waals surface area contributed by atoms with Gasteiger partial charge in [-0.2, -0.15) is 8.39 Å². The van der Waals surface area contributed by atoms with Crippen molar-refractivity contribution in [1.82, 2.24) is 0 Å². The molecule has 0 spiro atoms. The Hall–Kier alpha value is 0.330. The molecular formula is C6H14F4N3O2P3. The van der Waals surface area contributed by atoms with E-state index in [9.17, 15) is 16.8 Å². The average molecular weight is 329 g/mol. The number of nitrogens with zero attached hydrogens (tertiary/aromatic N) is 3. The molecule has 0 fully saturated rings. The van der Waals surface area contributed by atoms with Gasteiger partial charge in [-0.25, -0.2) is 0 Å². The van der Waals surface area contributed by atoms with Crippen LogP contribution in [0.25, 0.3) is 0 Å². The summed E-state index contributed by atoms with van der Waals surface area (Å²) in [5.74, 6) is 0. The molecule has 0 bridgehead atoms. The molecule has 0 aromatic carbocycles. The lowest BCUT2D eigenvalue weighted by Gasteiger charge is -2.20. The normalized spacial score (nSPS) is 34.3. The second-order valence-corrected chi connectivity index (χ2v) is 8.80. The predicted octanol–water partition coefficient (Wildman–Crippen LogP) is 6.57. The van der Waals surface area contributed by atoms with Crippen LogP contribution in [-0.2, 0) is 9.05 Å². The van der Waals surface area contributed by atoms with E-state index in [0.29, 0.717) is 12.8 Å². The van der Waals surface area contributed by atoms with E-state index in [2.05, 4.69) is 22.6 Å². The molecule has 1 aliphatic heterocycles. The highest BCUT2D eigenvalue weighted by Gasteiger charge is 2.40. The van der Waals surface area contributed by atoms with Crippen molar-refractivity contribution in [2.75, 3.05) is 13.2 Å². The fraction of sp³-hybridized carbons (Fsp3) is 1.00. The van der Waals surface area contributed by atoms with Gasteiger partial charge in [0.15, 0.2) is 0 Å². The van der Waals surface area contributed by atoms with E-state index < -0.39 is 23.3 Å². The average Bonchev–Trinajstić information content (AvgIpc) is 2.20. The van der Waals surface area contributed by atoms with Crippen LogP contribution in [0.4, 0.5) is 16.8 Å². The van der Waals surface area contributed by atoms with Crippen LogP contribution in [0.3, 0.4) is 0 Å². The molecule has 18 heavy (non-hydrogen) atoms. The molecule has 108 valence electrons. The Bertz CT molecular complexity index is 449. The van der Waals surface area contributed by atoms with Gasteiger partial charge >= 0.3 is 23.3 Å². The third-order valence-electron chi connectivity index (χ3n) is 1.58. The molecule has 0 aromatic heterocycles. The molecule has 0 aliphatic carbocycles. The molecule has 2 unspecified atom stereocenters. The Kier molecular flexibility index (Phi) is 5.63. The molecule has 0 saturated heterocycles. The fourth-order valence-electron chi connectivity index (χ4n) is 0.973. The van der Waals surface area contributed by atoms with Gasteiger partial charge in [-0.1, -0.05) is 13.8 Å². The second kappa shape index (κ2) is 6.19. The number of hydrogen-bond acceptors (Lipinski definition) is 5. The van der Waals surface area contributed by atoms with Crippen LogP contribution in [-0.4, -0.2) is 13.2 Å². The number of hydrogen-bond donors (Lipinski definition) is 0. The highest BCUT2D eigenvalue weighted by Crippen LogP contribution is 2.81. The zero-order valence-corrected chi connectivity index (χ0v) is 12.5. The van der Waals surface area contributed by atoms with Gasteiger partial charge < -0.3 is 9.05 Å². The van der Waals surface area contributed by atoms with Crippen LogP contribution in [0.1, 0.15) is 26.7 Å². The van der Waals surface area contributed by atoms with E-state index in [1.54, 1.807) is 13.8 Å². The molecule has 12 heteroatoms. The van der Waals surface area contributed by atoms with Crippen molar-refractivity contribution in [2.45, 2.75) is 26.7 Å². The molecule has 0 amide bonds. The van der Waals surface area contributed by atoms with Crippen molar-refractivity contribution >= 4 is 23.3 Å². The summed E-state index contributed by atoms with van der Waals surface area (Å²) < 4.78 is 71.4. The molecule has 0 N–H and O–H groups in total. The lowest BCUT2D eigenvalue weighted by atomic mass is 10.5. The minimum atomic E-state index is -5.41. The van der Waals surface area contributed by atoms with E-state index in [1.807, 2.05) is 0 Å². The molecule has 0 aromatic rings. The van der Waals surface area contributed by atoms with Gasteiger partial charge in [-0.15, -0.1) is 21.9 Å². The van der Waals surface area contributed by atoms with Crippen molar-refractivity contribution in [2.24, 2.45) is 13.5 Å². The van der Waals surface area contributed by atoms with Crippen LogP contribution < -0.4 is 0 Å². The summed E-state index contributed by atoms with van der Waals surface area (Å²) in [6.45, 7) is 2.98. The lowest BCUT2D eigenvalue weighted by molar-refractivity contribution is 0.314. The number of halogens is 4. The van der Waals surface area contributed by atoms with Gasteiger partial charge in [0, 0.05) is 0 Å². The Morgan fingerprint density at radius 2 is 1.22 bits per heavy atom. The zero-order chi connectivity index (χ0) is 13.9. The highest BCUT2D eigenvalue weighted by atomic mass is 31.3. The first-order chi connectivity index (χ1) is 8.24. The first-order valence-electron chi connectivity index (χ1n) is 5.23. The van der Waals surface area contributed by atoms with Gasteiger partial charge in [-0.3, -0.25) is 0 Å². The first-order valence-corrected chi connectivity index (χ1v) is 9.72. The summed E-state index contributed by atoms with van der Waals surface area (Å²) >= 11 is 0. The molecule has 5 nitrogen and oxygen atoms in total. The predicted molar refractivity (Wildman–Crippen MR) is 65.0 cm³/mol. The smallest absolute Gasteiger partial charge is 0.303 e. The van der Waals surface area contributed by atoms with Crippen LogP contribution in [0.2, 0.25) is 0 Å². The molecule has 0 saturated carbocycles. The summed E-state index contributed by atoms with van der Waals surface area (Å²) in [6.07, 6.45) is 0.761. The van der Waals surface area contributed by atoms with E-state index in [1.165, 1.54) is 0 Å². The maximum atomic E-state index is 13.9. The van der Waals surface area contributed by atoms with E-state index in [4.69, 9.17) is 0 Å². The van der Waals surface area contributed by atoms with Gasteiger partial charge in [0.25, 0.3) is 0 Å². The van der Waals surface area contributed by atoms with Crippen molar-refractivity contribution in [3.63, 3.8) is 0 Å². The van der Waals surface area contributed by atoms with Crippen molar-refractivity contribution in [3.8, 4) is 0 Å². The largest absolute Gasteiger partial charge is 0.425 e. The Labute approximate surface area is 103 Å². The molecular weight excluding hydrogens is 315 g/mol. The van der Waals surface area contributed by atoms with Crippen molar-refractivity contribution in [3.05, 3.63) is 0 Å². The molecule has 1 aliphatic rings. The topological polar surface area (TPSA) is 55.5 Å². The molecule has 0 radical (unpaired) electrons. The second-order valence-electron chi connectivity index (χ2n) is 3.34. The van der Waals surface area contributed by atoms with Crippen molar-refractivity contribution < 1.29 is 25.8 Å². The SMILES string of the molecule is CCCOP1(F)=NP(F)(F)=NP(F)(OCCC)=N1. The van der Waals surface area contributed by atoms with Gasteiger partial charge in [0.05, 0.1) is 13.2 Å². The Morgan fingerprint density at radius 1 is 0.778 bits per heavy atom. The van der Waals surface area contributed by atoms with E-state index in [0.717, 1.165) is 0 Å². The van der Waals surface area contributed by atoms with E-state index in [-0.39, 0.29) is 13.2 Å². The minimum absolute atomic E-state index is 0.162. The summed E-state index contributed by atoms with van der Waals surface area (Å²) in [7, 11) is -14.7. The van der Waals surface area contributed by atoms with E-state index >= 15 is 0 Å². The third-order valence-corrected chi connectivity index (χ3v) is 7.85. The molecule has 1 rings (SSSR count). The van der Waals surface area contributed by atoms with Crippen LogP contribution >= 0.6 is 23.3 Å². The summed E-state index contributed by atoms with van der Waals surface area (Å²) in [6, 6.07) is 0. The summed E-state index contributed by atoms with van der Waals surface area (Å²) in [4.78, 5) is 0. The number of rotatable bonds is 6. The maximum absolute atomic E-state index is 13.9. The third kappa shape index (κ3) is 4.78. The van der Waals surface area contributed by atoms with Crippen LogP contribution in [0, 0.1) is 0 Å². The quantitative estimate of drug-likeness (QED) is 0.409. The van der Waals surface area contributed by atoms with Crippen molar-refractivity contribution in [1.29, 1.82) is 0 Å².